The molecule has 15 heavy (non-hydrogen) atoms. The van der Waals surface area contributed by atoms with Gasteiger partial charge in [-0.3, -0.25) is 4.79 Å². The monoisotopic (exact) mass is 213 g/mol. The quantitative estimate of drug-likeness (QED) is 0.777. The van der Waals surface area contributed by atoms with Crippen LogP contribution in [0.1, 0.15) is 11.1 Å². The summed E-state index contributed by atoms with van der Waals surface area (Å²) in [5.41, 5.74) is 0.850. The summed E-state index contributed by atoms with van der Waals surface area (Å²) in [6.45, 7) is -1.23. The highest BCUT2D eigenvalue weighted by molar-refractivity contribution is 5.99. The van der Waals surface area contributed by atoms with Crippen LogP contribution in [0.3, 0.4) is 0 Å². The Morgan fingerprint density at radius 3 is 2.87 bits per heavy atom. The summed E-state index contributed by atoms with van der Waals surface area (Å²) >= 11 is 0. The SMILES string of the molecule is O=C1Cc2cc(C(F)(F)CO)ccc2N1. The average Bonchev–Trinajstić information content (AvgIpc) is 2.56. The Morgan fingerprint density at radius 1 is 1.47 bits per heavy atom. The van der Waals surface area contributed by atoms with Crippen molar-refractivity contribution in [3.05, 3.63) is 29.3 Å². The second-order valence-electron chi connectivity index (χ2n) is 3.46. The lowest BCUT2D eigenvalue weighted by Crippen LogP contribution is -2.18. The van der Waals surface area contributed by atoms with E-state index >= 15 is 0 Å². The van der Waals surface area contributed by atoms with Crippen molar-refractivity contribution in [1.29, 1.82) is 0 Å². The van der Waals surface area contributed by atoms with Crippen LogP contribution < -0.4 is 5.32 Å². The number of carbonyl (C=O) groups excluding carboxylic acids is 1. The lowest BCUT2D eigenvalue weighted by atomic mass is 10.0. The number of hydrogen-bond acceptors (Lipinski definition) is 2. The fourth-order valence-corrected chi connectivity index (χ4v) is 1.55. The van der Waals surface area contributed by atoms with Gasteiger partial charge in [0.15, 0.2) is 0 Å². The molecule has 0 atom stereocenters. The molecule has 2 N–H and O–H groups in total. The minimum Gasteiger partial charge on any atom is -0.390 e. The van der Waals surface area contributed by atoms with E-state index in [9.17, 15) is 13.6 Å². The molecular formula is C10H9F2NO2. The summed E-state index contributed by atoms with van der Waals surface area (Å²) in [4.78, 5) is 11.0. The van der Waals surface area contributed by atoms with Gasteiger partial charge >= 0.3 is 0 Å². The number of rotatable bonds is 2. The Balaban J connectivity index is 2.39. The van der Waals surface area contributed by atoms with Gasteiger partial charge in [0.05, 0.1) is 6.42 Å². The highest BCUT2D eigenvalue weighted by atomic mass is 19.3. The van der Waals surface area contributed by atoms with Gasteiger partial charge in [-0.2, -0.15) is 8.78 Å². The van der Waals surface area contributed by atoms with Crippen LogP contribution in [0.25, 0.3) is 0 Å². The second kappa shape index (κ2) is 3.27. The first kappa shape index (κ1) is 10.0. The van der Waals surface area contributed by atoms with E-state index in [-0.39, 0.29) is 17.9 Å². The molecule has 0 radical (unpaired) electrons. The molecule has 0 aromatic heterocycles. The zero-order valence-corrected chi connectivity index (χ0v) is 7.76. The summed E-state index contributed by atoms with van der Waals surface area (Å²) in [6, 6.07) is 3.89. The minimum absolute atomic E-state index is 0.116. The number of carbonyl (C=O) groups is 1. The van der Waals surface area contributed by atoms with Crippen molar-refractivity contribution in [3.63, 3.8) is 0 Å². The van der Waals surface area contributed by atoms with Crippen LogP contribution in [0, 0.1) is 0 Å². The number of hydrogen-bond donors (Lipinski definition) is 2. The number of amides is 1. The summed E-state index contributed by atoms with van der Waals surface area (Å²) in [5, 5.41) is 11.1. The van der Waals surface area contributed by atoms with Crippen molar-refractivity contribution in [2.24, 2.45) is 0 Å². The zero-order chi connectivity index (χ0) is 11.1. The third-order valence-electron chi connectivity index (χ3n) is 2.35. The first-order valence-corrected chi connectivity index (χ1v) is 4.45. The molecule has 1 aliphatic rings. The van der Waals surface area contributed by atoms with Gasteiger partial charge in [-0.1, -0.05) is 6.07 Å². The molecule has 1 heterocycles. The Hall–Kier alpha value is -1.49. The minimum atomic E-state index is -3.25. The third-order valence-corrected chi connectivity index (χ3v) is 2.35. The predicted molar refractivity (Wildman–Crippen MR) is 49.8 cm³/mol. The van der Waals surface area contributed by atoms with E-state index < -0.39 is 12.5 Å². The molecule has 1 aromatic rings. The standard InChI is InChI=1S/C10H9F2NO2/c11-10(12,5-14)7-1-2-8-6(3-7)4-9(15)13-8/h1-3,14H,4-5H2,(H,13,15). The van der Waals surface area contributed by atoms with Crippen LogP contribution >= 0.6 is 0 Å². The van der Waals surface area contributed by atoms with E-state index in [2.05, 4.69) is 5.32 Å². The maximum atomic E-state index is 13.1. The number of alkyl halides is 2. The number of anilines is 1. The zero-order valence-electron chi connectivity index (χ0n) is 7.76. The van der Waals surface area contributed by atoms with Gasteiger partial charge in [-0.05, 0) is 17.7 Å². The van der Waals surface area contributed by atoms with Crippen molar-refractivity contribution in [3.8, 4) is 0 Å². The average molecular weight is 213 g/mol. The fourth-order valence-electron chi connectivity index (χ4n) is 1.55. The summed E-state index contributed by atoms with van der Waals surface area (Å²) in [6.07, 6.45) is 0.116. The molecule has 0 aliphatic carbocycles. The first-order chi connectivity index (χ1) is 7.03. The van der Waals surface area contributed by atoms with Gasteiger partial charge in [0.2, 0.25) is 5.91 Å². The van der Waals surface area contributed by atoms with Crippen molar-refractivity contribution in [2.45, 2.75) is 12.3 Å². The molecule has 0 saturated carbocycles. The highest BCUT2D eigenvalue weighted by Crippen LogP contribution is 2.32. The van der Waals surface area contributed by atoms with Crippen LogP contribution in [0.15, 0.2) is 18.2 Å². The van der Waals surface area contributed by atoms with Crippen LogP contribution in [0.4, 0.5) is 14.5 Å². The molecule has 0 bridgehead atoms. The topological polar surface area (TPSA) is 49.3 Å². The van der Waals surface area contributed by atoms with Crippen LogP contribution in [-0.2, 0) is 17.1 Å². The van der Waals surface area contributed by atoms with Crippen LogP contribution in [-0.4, -0.2) is 17.6 Å². The Morgan fingerprint density at radius 2 is 2.20 bits per heavy atom. The second-order valence-corrected chi connectivity index (χ2v) is 3.46. The Bertz CT molecular complexity index is 418. The number of nitrogens with one attached hydrogen (secondary N) is 1. The van der Waals surface area contributed by atoms with Crippen LogP contribution in [0.5, 0.6) is 0 Å². The van der Waals surface area contributed by atoms with Gasteiger partial charge < -0.3 is 10.4 Å². The largest absolute Gasteiger partial charge is 0.390 e. The van der Waals surface area contributed by atoms with Crippen molar-refractivity contribution < 1.29 is 18.7 Å². The summed E-state index contributed by atoms with van der Waals surface area (Å²) in [5.74, 6) is -3.45. The Kier molecular flexibility index (Phi) is 2.19. The molecule has 80 valence electrons. The van der Waals surface area contributed by atoms with E-state index in [0.717, 1.165) is 0 Å². The van der Waals surface area contributed by atoms with E-state index in [1.54, 1.807) is 0 Å². The van der Waals surface area contributed by atoms with E-state index in [4.69, 9.17) is 5.11 Å². The lowest BCUT2D eigenvalue weighted by molar-refractivity contribution is -0.115. The van der Waals surface area contributed by atoms with Crippen molar-refractivity contribution in [2.75, 3.05) is 11.9 Å². The molecule has 0 spiro atoms. The number of benzene rings is 1. The number of aliphatic hydroxyl groups excluding tert-OH is 1. The van der Waals surface area contributed by atoms with Gasteiger partial charge in [0.25, 0.3) is 5.92 Å². The van der Waals surface area contributed by atoms with Crippen LogP contribution in [0.2, 0.25) is 0 Å². The molecule has 0 unspecified atom stereocenters. The first-order valence-electron chi connectivity index (χ1n) is 4.45. The van der Waals surface area contributed by atoms with E-state index in [0.29, 0.717) is 11.3 Å². The van der Waals surface area contributed by atoms with Gasteiger partial charge in [-0.15, -0.1) is 0 Å². The Labute approximate surface area is 84.7 Å². The van der Waals surface area contributed by atoms with Gasteiger partial charge in [0.1, 0.15) is 6.61 Å². The van der Waals surface area contributed by atoms with Crippen molar-refractivity contribution in [1.82, 2.24) is 0 Å². The molecular weight excluding hydrogens is 204 g/mol. The molecule has 1 aromatic carbocycles. The predicted octanol–water partition coefficient (Wildman–Crippen LogP) is 1.27. The molecule has 5 heteroatoms. The molecule has 0 fully saturated rings. The molecule has 0 saturated heterocycles. The highest BCUT2D eigenvalue weighted by Gasteiger charge is 2.32. The maximum Gasteiger partial charge on any atom is 0.295 e. The number of halogens is 2. The van der Waals surface area contributed by atoms with Crippen molar-refractivity contribution >= 4 is 11.6 Å². The van der Waals surface area contributed by atoms with Gasteiger partial charge in [0, 0.05) is 11.3 Å². The fraction of sp³-hybridized carbons (Fsp3) is 0.300. The normalized spacial score (nSPS) is 15.0. The molecule has 1 aliphatic heterocycles. The van der Waals surface area contributed by atoms with Gasteiger partial charge in [-0.25, -0.2) is 0 Å². The number of fused-ring (bicyclic) bond motifs is 1. The summed E-state index contributed by atoms with van der Waals surface area (Å²) in [7, 11) is 0. The lowest BCUT2D eigenvalue weighted by Gasteiger charge is -2.14. The molecule has 3 nitrogen and oxygen atoms in total. The maximum absolute atomic E-state index is 13.1. The van der Waals surface area contributed by atoms with E-state index in [1.165, 1.54) is 18.2 Å². The number of aliphatic hydroxyl groups is 1. The summed E-state index contributed by atoms with van der Waals surface area (Å²) < 4.78 is 26.2. The third kappa shape index (κ3) is 1.70. The smallest absolute Gasteiger partial charge is 0.295 e. The van der Waals surface area contributed by atoms with E-state index in [1.807, 2.05) is 0 Å². The molecule has 2 rings (SSSR count). The molecule has 1 amide bonds.